The minimum absolute atomic E-state index is 0.00243. The number of amides is 1. The van der Waals surface area contributed by atoms with Gasteiger partial charge in [-0.05, 0) is 44.5 Å². The van der Waals surface area contributed by atoms with Crippen molar-refractivity contribution in [3.8, 4) is 5.75 Å². The van der Waals surface area contributed by atoms with Crippen molar-refractivity contribution < 1.29 is 9.53 Å². The van der Waals surface area contributed by atoms with Crippen LogP contribution in [0.3, 0.4) is 0 Å². The van der Waals surface area contributed by atoms with Gasteiger partial charge < -0.3 is 15.4 Å². The van der Waals surface area contributed by atoms with Crippen molar-refractivity contribution in [1.29, 1.82) is 0 Å². The van der Waals surface area contributed by atoms with Crippen molar-refractivity contribution >= 4 is 17.4 Å². The molecule has 0 spiro atoms. The molecule has 0 aliphatic carbocycles. The summed E-state index contributed by atoms with van der Waals surface area (Å²) >= 11 is 0. The van der Waals surface area contributed by atoms with E-state index in [2.05, 4.69) is 25.6 Å². The summed E-state index contributed by atoms with van der Waals surface area (Å²) in [5.41, 5.74) is 1.90. The van der Waals surface area contributed by atoms with Crippen LogP contribution in [-0.2, 0) is 6.54 Å². The van der Waals surface area contributed by atoms with E-state index < -0.39 is 0 Å². The highest BCUT2D eigenvalue weighted by atomic mass is 16.5. The van der Waals surface area contributed by atoms with Crippen LogP contribution < -0.4 is 15.4 Å². The Kier molecular flexibility index (Phi) is 6.16. The van der Waals surface area contributed by atoms with E-state index in [1.165, 1.54) is 0 Å². The molecule has 2 heterocycles. The molecule has 0 saturated heterocycles. The van der Waals surface area contributed by atoms with Crippen molar-refractivity contribution in [1.82, 2.24) is 15.0 Å². The lowest BCUT2D eigenvalue weighted by molar-refractivity contribution is 0.102. The van der Waals surface area contributed by atoms with Gasteiger partial charge in [-0.15, -0.1) is 0 Å². The molecule has 0 atom stereocenters. The van der Waals surface area contributed by atoms with Crippen LogP contribution in [0.25, 0.3) is 0 Å². The normalized spacial score (nSPS) is 10.6. The first-order chi connectivity index (χ1) is 13.5. The van der Waals surface area contributed by atoms with Crippen molar-refractivity contribution in [2.45, 2.75) is 33.4 Å². The van der Waals surface area contributed by atoms with Crippen molar-refractivity contribution in [3.05, 3.63) is 71.9 Å². The molecule has 2 aromatic heterocycles. The summed E-state index contributed by atoms with van der Waals surface area (Å²) in [6.07, 6.45) is 3.50. The fraction of sp³-hybridized carbons (Fsp3) is 0.238. The molecule has 3 aromatic rings. The topological polar surface area (TPSA) is 89.0 Å². The Bertz CT molecular complexity index is 945. The zero-order valence-electron chi connectivity index (χ0n) is 16.1. The maximum atomic E-state index is 12.7. The minimum atomic E-state index is -0.324. The first kappa shape index (κ1) is 19.3. The molecule has 0 saturated carbocycles. The number of ether oxygens (including phenoxy) is 1. The number of nitrogens with one attached hydrogen (secondary N) is 2. The second kappa shape index (κ2) is 8.94. The van der Waals surface area contributed by atoms with Gasteiger partial charge >= 0.3 is 0 Å². The first-order valence-corrected chi connectivity index (χ1v) is 9.07. The molecule has 0 aliphatic heterocycles. The van der Waals surface area contributed by atoms with E-state index in [0.717, 1.165) is 5.56 Å². The highest BCUT2D eigenvalue weighted by Crippen LogP contribution is 2.25. The highest BCUT2D eigenvalue weighted by molar-refractivity contribution is 6.04. The predicted octanol–water partition coefficient (Wildman–Crippen LogP) is 3.83. The van der Waals surface area contributed by atoms with E-state index in [9.17, 15) is 4.79 Å². The molecule has 1 aromatic carbocycles. The SMILES string of the molecule is Cc1nc(NCc2cccnc2)cc(C(=O)Nc2ccccc2OC(C)C)n1. The van der Waals surface area contributed by atoms with Gasteiger partial charge in [0.2, 0.25) is 0 Å². The Morgan fingerprint density at radius 2 is 1.96 bits per heavy atom. The van der Waals surface area contributed by atoms with Gasteiger partial charge in [-0.1, -0.05) is 18.2 Å². The molecular formula is C21H23N5O2. The molecule has 3 rings (SSSR count). The van der Waals surface area contributed by atoms with Crippen LogP contribution in [0.2, 0.25) is 0 Å². The molecule has 0 bridgehead atoms. The molecule has 28 heavy (non-hydrogen) atoms. The number of pyridine rings is 1. The van der Waals surface area contributed by atoms with Gasteiger partial charge in [0.1, 0.15) is 23.1 Å². The third-order valence-electron chi connectivity index (χ3n) is 3.76. The van der Waals surface area contributed by atoms with Crippen LogP contribution in [-0.4, -0.2) is 27.0 Å². The van der Waals surface area contributed by atoms with Crippen LogP contribution in [0.1, 0.15) is 35.7 Å². The number of hydrogen-bond acceptors (Lipinski definition) is 6. The monoisotopic (exact) mass is 377 g/mol. The second-order valence-corrected chi connectivity index (χ2v) is 6.52. The third kappa shape index (κ3) is 5.26. The Balaban J connectivity index is 1.74. The van der Waals surface area contributed by atoms with Gasteiger partial charge in [0, 0.05) is 25.0 Å². The fourth-order valence-electron chi connectivity index (χ4n) is 2.58. The van der Waals surface area contributed by atoms with Crippen LogP contribution >= 0.6 is 0 Å². The van der Waals surface area contributed by atoms with Gasteiger partial charge in [-0.3, -0.25) is 9.78 Å². The summed E-state index contributed by atoms with van der Waals surface area (Å²) in [6.45, 7) is 6.18. The number of nitrogens with zero attached hydrogens (tertiary/aromatic N) is 3. The molecule has 0 unspecified atom stereocenters. The lowest BCUT2D eigenvalue weighted by atomic mass is 10.2. The van der Waals surface area contributed by atoms with E-state index in [0.29, 0.717) is 29.6 Å². The number of anilines is 2. The summed E-state index contributed by atoms with van der Waals surface area (Å²) in [6, 6.07) is 12.8. The minimum Gasteiger partial charge on any atom is -0.489 e. The van der Waals surface area contributed by atoms with E-state index in [4.69, 9.17) is 4.74 Å². The molecule has 2 N–H and O–H groups in total. The van der Waals surface area contributed by atoms with Crippen LogP contribution in [0.4, 0.5) is 11.5 Å². The average molecular weight is 377 g/mol. The number of para-hydroxylation sites is 2. The number of aryl methyl sites for hydroxylation is 1. The fourth-order valence-corrected chi connectivity index (χ4v) is 2.58. The van der Waals surface area contributed by atoms with Gasteiger partial charge in [0.15, 0.2) is 0 Å². The summed E-state index contributed by atoms with van der Waals surface area (Å²) in [5.74, 6) is 1.38. The third-order valence-corrected chi connectivity index (χ3v) is 3.76. The molecule has 7 heteroatoms. The lowest BCUT2D eigenvalue weighted by Crippen LogP contribution is -2.17. The number of benzene rings is 1. The molecule has 144 valence electrons. The standard InChI is InChI=1S/C21H23N5O2/c1-14(2)28-19-9-5-4-8-17(19)26-21(27)18-11-20(25-15(3)24-18)23-13-16-7-6-10-22-12-16/h4-12,14H,13H2,1-3H3,(H,26,27)(H,23,24,25). The van der Waals surface area contributed by atoms with E-state index in [1.807, 2.05) is 44.2 Å². The Morgan fingerprint density at radius 3 is 2.71 bits per heavy atom. The van der Waals surface area contributed by atoms with Crippen molar-refractivity contribution in [2.75, 3.05) is 10.6 Å². The summed E-state index contributed by atoms with van der Waals surface area (Å²) in [5, 5.41) is 6.07. The van der Waals surface area contributed by atoms with Crippen LogP contribution in [0.5, 0.6) is 5.75 Å². The molecule has 1 amide bonds. The Labute approximate surface area is 164 Å². The first-order valence-electron chi connectivity index (χ1n) is 9.07. The van der Waals surface area contributed by atoms with E-state index in [1.54, 1.807) is 31.5 Å². The average Bonchev–Trinajstić information content (AvgIpc) is 2.68. The van der Waals surface area contributed by atoms with Gasteiger partial charge in [0.25, 0.3) is 5.91 Å². The maximum Gasteiger partial charge on any atom is 0.274 e. The molecular weight excluding hydrogens is 354 g/mol. The van der Waals surface area contributed by atoms with Gasteiger partial charge in [-0.25, -0.2) is 9.97 Å². The number of carbonyl (C=O) groups is 1. The quantitative estimate of drug-likeness (QED) is 0.650. The number of rotatable bonds is 7. The maximum absolute atomic E-state index is 12.7. The number of hydrogen-bond donors (Lipinski definition) is 2. The van der Waals surface area contributed by atoms with E-state index in [-0.39, 0.29) is 17.7 Å². The predicted molar refractivity (Wildman–Crippen MR) is 108 cm³/mol. The largest absolute Gasteiger partial charge is 0.489 e. The zero-order valence-corrected chi connectivity index (χ0v) is 16.1. The molecule has 0 aliphatic rings. The Morgan fingerprint density at radius 1 is 1.14 bits per heavy atom. The smallest absolute Gasteiger partial charge is 0.274 e. The molecule has 0 fully saturated rings. The molecule has 0 radical (unpaired) electrons. The summed E-state index contributed by atoms with van der Waals surface area (Å²) in [7, 11) is 0. The second-order valence-electron chi connectivity index (χ2n) is 6.52. The van der Waals surface area contributed by atoms with Gasteiger partial charge in [-0.2, -0.15) is 0 Å². The van der Waals surface area contributed by atoms with E-state index >= 15 is 0 Å². The highest BCUT2D eigenvalue weighted by Gasteiger charge is 2.14. The molecule has 7 nitrogen and oxygen atoms in total. The van der Waals surface area contributed by atoms with Crippen LogP contribution in [0.15, 0.2) is 54.9 Å². The lowest BCUT2D eigenvalue weighted by Gasteiger charge is -2.15. The number of carbonyl (C=O) groups excluding carboxylic acids is 1. The van der Waals surface area contributed by atoms with Crippen molar-refractivity contribution in [2.24, 2.45) is 0 Å². The summed E-state index contributed by atoms with van der Waals surface area (Å²) < 4.78 is 5.75. The summed E-state index contributed by atoms with van der Waals surface area (Å²) in [4.78, 5) is 25.4. The Hall–Kier alpha value is -3.48. The van der Waals surface area contributed by atoms with Crippen LogP contribution in [0, 0.1) is 6.92 Å². The zero-order chi connectivity index (χ0) is 19.9. The van der Waals surface area contributed by atoms with Gasteiger partial charge in [0.05, 0.1) is 11.8 Å². The number of aromatic nitrogens is 3. The van der Waals surface area contributed by atoms with Crippen molar-refractivity contribution in [3.63, 3.8) is 0 Å².